The highest BCUT2D eigenvalue weighted by Crippen LogP contribution is 2.29. The van der Waals surface area contributed by atoms with E-state index >= 15 is 0 Å². The van der Waals surface area contributed by atoms with E-state index in [-0.39, 0.29) is 11.4 Å². The zero-order chi connectivity index (χ0) is 15.7. The van der Waals surface area contributed by atoms with Crippen molar-refractivity contribution in [2.24, 2.45) is 0 Å². The van der Waals surface area contributed by atoms with Crippen LogP contribution in [0.2, 0.25) is 5.02 Å². The number of carbonyl (C=O) groups excluding carboxylic acids is 1. The van der Waals surface area contributed by atoms with Crippen LogP contribution in [-0.2, 0) is 0 Å². The minimum absolute atomic E-state index is 0.0347. The molecule has 0 atom stereocenters. The number of anilines is 2. The zero-order valence-corrected chi connectivity index (χ0v) is 12.2. The first-order valence-electron chi connectivity index (χ1n) is 6.24. The Morgan fingerprint density at radius 2 is 2.18 bits per heavy atom. The number of nitrogen functional groups attached to an aromatic ring is 1. The van der Waals surface area contributed by atoms with Gasteiger partial charge in [-0.15, -0.1) is 0 Å². The van der Waals surface area contributed by atoms with E-state index < -0.39 is 5.91 Å². The number of hydrogen-bond donors (Lipinski definition) is 2. The zero-order valence-electron chi connectivity index (χ0n) is 11.5. The SMILES string of the molecule is COc1ccc2oc(C(=O)Nc3ccc(Cl)cn3)c(N)c2n1. The molecule has 0 bridgehead atoms. The van der Waals surface area contributed by atoms with E-state index in [0.717, 1.165) is 0 Å². The number of furan rings is 1. The highest BCUT2D eigenvalue weighted by atomic mass is 35.5. The van der Waals surface area contributed by atoms with E-state index in [1.807, 2.05) is 0 Å². The first-order valence-corrected chi connectivity index (χ1v) is 6.62. The Morgan fingerprint density at radius 1 is 1.36 bits per heavy atom. The van der Waals surface area contributed by atoms with E-state index in [2.05, 4.69) is 15.3 Å². The van der Waals surface area contributed by atoms with Gasteiger partial charge in [-0.25, -0.2) is 9.97 Å². The molecule has 3 aromatic rings. The Morgan fingerprint density at radius 3 is 2.86 bits per heavy atom. The van der Waals surface area contributed by atoms with E-state index in [9.17, 15) is 4.79 Å². The van der Waals surface area contributed by atoms with Crippen LogP contribution >= 0.6 is 11.6 Å². The summed E-state index contributed by atoms with van der Waals surface area (Å²) in [5.41, 5.74) is 6.83. The fraction of sp³-hybridized carbons (Fsp3) is 0.0714. The van der Waals surface area contributed by atoms with Crippen LogP contribution in [0.15, 0.2) is 34.9 Å². The number of nitrogens with one attached hydrogen (secondary N) is 1. The molecule has 0 aliphatic rings. The minimum atomic E-state index is -0.524. The summed E-state index contributed by atoms with van der Waals surface area (Å²) in [6.45, 7) is 0. The smallest absolute Gasteiger partial charge is 0.294 e. The van der Waals surface area contributed by atoms with Gasteiger partial charge in [-0.3, -0.25) is 4.79 Å². The lowest BCUT2D eigenvalue weighted by molar-refractivity contribution is 0.0999. The summed E-state index contributed by atoms with van der Waals surface area (Å²) >= 11 is 5.74. The third-order valence-corrected chi connectivity index (χ3v) is 3.15. The molecule has 0 aliphatic carbocycles. The number of nitrogens with two attached hydrogens (primary N) is 1. The largest absolute Gasteiger partial charge is 0.481 e. The Hall–Kier alpha value is -2.80. The summed E-state index contributed by atoms with van der Waals surface area (Å²) in [7, 11) is 1.49. The third-order valence-electron chi connectivity index (χ3n) is 2.93. The van der Waals surface area contributed by atoms with Crippen LogP contribution in [0, 0.1) is 0 Å². The van der Waals surface area contributed by atoms with Crippen LogP contribution in [-0.4, -0.2) is 23.0 Å². The highest BCUT2D eigenvalue weighted by Gasteiger charge is 2.20. The molecule has 112 valence electrons. The first-order chi connectivity index (χ1) is 10.6. The van der Waals surface area contributed by atoms with Gasteiger partial charge in [0.05, 0.1) is 12.1 Å². The summed E-state index contributed by atoms with van der Waals surface area (Å²) in [6.07, 6.45) is 1.42. The van der Waals surface area contributed by atoms with Crippen LogP contribution in [0.3, 0.4) is 0 Å². The Balaban J connectivity index is 1.93. The number of carbonyl (C=O) groups is 1. The topological polar surface area (TPSA) is 103 Å². The standard InChI is InChI=1S/C14H11ClN4O3/c1-21-10-5-3-8-12(19-10)11(16)13(22-8)14(20)18-9-4-2-7(15)6-17-9/h2-6H,16H2,1H3,(H,17,18,20). The number of amides is 1. The van der Waals surface area contributed by atoms with Crippen molar-refractivity contribution < 1.29 is 13.9 Å². The van der Waals surface area contributed by atoms with E-state index in [0.29, 0.717) is 27.8 Å². The predicted molar refractivity (Wildman–Crippen MR) is 82.2 cm³/mol. The molecular weight excluding hydrogens is 308 g/mol. The van der Waals surface area contributed by atoms with Crippen LogP contribution in [0.5, 0.6) is 5.88 Å². The number of methoxy groups -OCH3 is 1. The van der Waals surface area contributed by atoms with Gasteiger partial charge in [0.25, 0.3) is 5.91 Å². The average molecular weight is 319 g/mol. The molecule has 0 spiro atoms. The highest BCUT2D eigenvalue weighted by molar-refractivity contribution is 6.30. The first kappa shape index (κ1) is 14.2. The Bertz CT molecular complexity index is 845. The number of aromatic nitrogens is 2. The van der Waals surface area contributed by atoms with Crippen LogP contribution < -0.4 is 15.8 Å². The fourth-order valence-corrected chi connectivity index (χ4v) is 1.99. The van der Waals surface area contributed by atoms with Crippen molar-refractivity contribution in [3.8, 4) is 5.88 Å². The van der Waals surface area contributed by atoms with Gasteiger partial charge < -0.3 is 20.2 Å². The van der Waals surface area contributed by atoms with Crippen molar-refractivity contribution in [3.05, 3.63) is 41.2 Å². The molecule has 1 amide bonds. The number of nitrogens with zero attached hydrogens (tertiary/aromatic N) is 2. The van der Waals surface area contributed by atoms with Crippen molar-refractivity contribution in [1.29, 1.82) is 0 Å². The van der Waals surface area contributed by atoms with Crippen LogP contribution in [0.1, 0.15) is 10.6 Å². The Labute approximate surface area is 130 Å². The van der Waals surface area contributed by atoms with E-state index in [1.165, 1.54) is 13.3 Å². The number of rotatable bonds is 3. The second-order valence-electron chi connectivity index (χ2n) is 4.36. The summed E-state index contributed by atoms with van der Waals surface area (Å²) in [5.74, 6) is 0.155. The molecule has 0 aromatic carbocycles. The molecule has 0 saturated carbocycles. The normalized spacial score (nSPS) is 10.6. The number of pyridine rings is 2. The van der Waals surface area contributed by atoms with Crippen LogP contribution in [0.25, 0.3) is 11.1 Å². The van der Waals surface area contributed by atoms with Crippen molar-refractivity contribution in [2.45, 2.75) is 0 Å². The fourth-order valence-electron chi connectivity index (χ4n) is 1.88. The lowest BCUT2D eigenvalue weighted by Gasteiger charge is -2.02. The molecule has 0 aliphatic heterocycles. The summed E-state index contributed by atoms with van der Waals surface area (Å²) in [6, 6.07) is 6.43. The molecule has 3 heterocycles. The van der Waals surface area contributed by atoms with Gasteiger partial charge in [0.2, 0.25) is 11.6 Å². The predicted octanol–water partition coefficient (Wildman–Crippen LogP) is 2.72. The van der Waals surface area contributed by atoms with Crippen molar-refractivity contribution >= 4 is 40.1 Å². The number of hydrogen-bond acceptors (Lipinski definition) is 6. The number of fused-ring (bicyclic) bond motifs is 1. The Kier molecular flexibility index (Phi) is 3.56. The minimum Gasteiger partial charge on any atom is -0.481 e. The summed E-state index contributed by atoms with van der Waals surface area (Å²) in [4.78, 5) is 20.4. The maximum Gasteiger partial charge on any atom is 0.294 e. The molecule has 0 radical (unpaired) electrons. The molecule has 7 nitrogen and oxygen atoms in total. The molecule has 3 N–H and O–H groups in total. The van der Waals surface area contributed by atoms with Gasteiger partial charge in [-0.1, -0.05) is 11.6 Å². The second kappa shape index (κ2) is 5.53. The van der Waals surface area contributed by atoms with Crippen LogP contribution in [0.4, 0.5) is 11.5 Å². The molecule has 8 heteroatoms. The van der Waals surface area contributed by atoms with Gasteiger partial charge >= 0.3 is 0 Å². The van der Waals surface area contributed by atoms with Crippen molar-refractivity contribution in [2.75, 3.05) is 18.2 Å². The van der Waals surface area contributed by atoms with Crippen molar-refractivity contribution in [3.63, 3.8) is 0 Å². The maximum atomic E-state index is 12.2. The number of halogens is 1. The molecule has 0 unspecified atom stereocenters. The average Bonchev–Trinajstić information content (AvgIpc) is 2.86. The van der Waals surface area contributed by atoms with E-state index in [1.54, 1.807) is 24.3 Å². The lowest BCUT2D eigenvalue weighted by Crippen LogP contribution is -2.13. The molecular formula is C14H11ClN4O3. The molecule has 0 fully saturated rings. The molecule has 3 aromatic heterocycles. The second-order valence-corrected chi connectivity index (χ2v) is 4.80. The quantitative estimate of drug-likeness (QED) is 0.769. The van der Waals surface area contributed by atoms with Gasteiger partial charge in [0.15, 0.2) is 5.58 Å². The molecule has 0 saturated heterocycles. The van der Waals surface area contributed by atoms with Gasteiger partial charge in [0, 0.05) is 12.3 Å². The molecule has 22 heavy (non-hydrogen) atoms. The monoisotopic (exact) mass is 318 g/mol. The van der Waals surface area contributed by atoms with Gasteiger partial charge in [0.1, 0.15) is 17.0 Å². The van der Waals surface area contributed by atoms with E-state index in [4.69, 9.17) is 26.5 Å². The number of ether oxygens (including phenoxy) is 1. The third kappa shape index (κ3) is 2.53. The van der Waals surface area contributed by atoms with Crippen molar-refractivity contribution in [1.82, 2.24) is 9.97 Å². The maximum absolute atomic E-state index is 12.2. The summed E-state index contributed by atoms with van der Waals surface area (Å²) < 4.78 is 10.5. The summed E-state index contributed by atoms with van der Waals surface area (Å²) in [5, 5.41) is 3.04. The van der Waals surface area contributed by atoms with Gasteiger partial charge in [-0.05, 0) is 18.2 Å². The lowest BCUT2D eigenvalue weighted by atomic mass is 10.3. The van der Waals surface area contributed by atoms with Gasteiger partial charge in [-0.2, -0.15) is 0 Å². The molecule has 3 rings (SSSR count).